The van der Waals surface area contributed by atoms with E-state index in [4.69, 9.17) is 9.97 Å². The average Bonchev–Trinajstić information content (AvgIpc) is 3.48. The van der Waals surface area contributed by atoms with Crippen LogP contribution < -0.4 is 0 Å². The van der Waals surface area contributed by atoms with E-state index in [-0.39, 0.29) is 5.41 Å². The molecule has 8 aromatic rings. The van der Waals surface area contributed by atoms with E-state index in [1.165, 1.54) is 44.2 Å². The molecule has 0 saturated carbocycles. The molecule has 4 heterocycles. The molecule has 1 aliphatic rings. The fourth-order valence-electron chi connectivity index (χ4n) is 7.24. The first-order valence-corrected chi connectivity index (χ1v) is 14.1. The maximum absolute atomic E-state index is 5.28. The largest absolute Gasteiger partial charge is 0.292 e. The third kappa shape index (κ3) is 2.80. The quantitative estimate of drug-likeness (QED) is 0.199. The highest BCUT2D eigenvalue weighted by Crippen LogP contribution is 2.53. The molecule has 0 amide bonds. The molecule has 4 aromatic carbocycles. The van der Waals surface area contributed by atoms with E-state index in [1.807, 2.05) is 6.20 Å². The van der Waals surface area contributed by atoms with Gasteiger partial charge in [-0.1, -0.05) is 56.3 Å². The summed E-state index contributed by atoms with van der Waals surface area (Å²) < 4.78 is 2.29. The van der Waals surface area contributed by atoms with Gasteiger partial charge in [-0.3, -0.25) is 24.5 Å². The summed E-state index contributed by atoms with van der Waals surface area (Å²) >= 11 is 0. The van der Waals surface area contributed by atoms with Gasteiger partial charge in [-0.15, -0.1) is 0 Å². The molecule has 0 N–H and O–H groups in total. The van der Waals surface area contributed by atoms with Gasteiger partial charge in [-0.05, 0) is 53.3 Å². The van der Waals surface area contributed by atoms with Crippen molar-refractivity contribution in [1.82, 2.24) is 34.5 Å². The summed E-state index contributed by atoms with van der Waals surface area (Å²) in [6.45, 7) is 9.09. The standard InChI is InChI=1S/C35H25N7/c1-18-8-7-10-20-22-16-24-26(21-9-5-6-11-23(21)35(24,3)4)19(2)34(22)42(33(18)20)25-17-40-31-29-27(36-12-13-38-29)28-30(32(31)41-25)39-15-14-37-28/h5-17H,1-4H3. The Hall–Kier alpha value is -5.30. The Morgan fingerprint density at radius 2 is 1.26 bits per heavy atom. The van der Waals surface area contributed by atoms with Crippen LogP contribution in [0.3, 0.4) is 0 Å². The van der Waals surface area contributed by atoms with Gasteiger partial charge in [0.05, 0.1) is 17.2 Å². The number of fused-ring (bicyclic) bond motifs is 12. The third-order valence-corrected chi connectivity index (χ3v) is 9.12. The molecule has 0 aliphatic heterocycles. The summed E-state index contributed by atoms with van der Waals surface area (Å²) in [5.74, 6) is 0.737. The third-order valence-electron chi connectivity index (χ3n) is 9.12. The van der Waals surface area contributed by atoms with Crippen molar-refractivity contribution in [2.75, 3.05) is 0 Å². The summed E-state index contributed by atoms with van der Waals surface area (Å²) in [6, 6.07) is 17.8. The maximum Gasteiger partial charge on any atom is 0.157 e. The molecule has 9 rings (SSSR count). The molecule has 0 atom stereocenters. The highest BCUT2D eigenvalue weighted by molar-refractivity contribution is 6.18. The molecular weight excluding hydrogens is 518 g/mol. The van der Waals surface area contributed by atoms with Gasteiger partial charge in [0.2, 0.25) is 0 Å². The van der Waals surface area contributed by atoms with Crippen molar-refractivity contribution < 1.29 is 0 Å². The molecule has 7 heteroatoms. The predicted octanol–water partition coefficient (Wildman–Crippen LogP) is 7.54. The molecule has 7 nitrogen and oxygen atoms in total. The highest BCUT2D eigenvalue weighted by atomic mass is 15.1. The number of aromatic nitrogens is 7. The van der Waals surface area contributed by atoms with Crippen molar-refractivity contribution in [3.05, 3.63) is 102 Å². The zero-order valence-electron chi connectivity index (χ0n) is 23.6. The first kappa shape index (κ1) is 23.4. The molecule has 200 valence electrons. The van der Waals surface area contributed by atoms with Gasteiger partial charge in [0.1, 0.15) is 33.1 Å². The van der Waals surface area contributed by atoms with Crippen LogP contribution >= 0.6 is 0 Å². The molecule has 0 bridgehead atoms. The molecule has 0 unspecified atom stereocenters. The molecule has 1 aliphatic carbocycles. The van der Waals surface area contributed by atoms with E-state index in [0.717, 1.165) is 16.9 Å². The van der Waals surface area contributed by atoms with Crippen molar-refractivity contribution in [1.29, 1.82) is 0 Å². The van der Waals surface area contributed by atoms with Gasteiger partial charge in [0.15, 0.2) is 5.82 Å². The fraction of sp³-hybridized carbons (Fsp3) is 0.143. The van der Waals surface area contributed by atoms with Crippen LogP contribution in [0.2, 0.25) is 0 Å². The first-order valence-electron chi connectivity index (χ1n) is 14.1. The number of rotatable bonds is 1. The van der Waals surface area contributed by atoms with E-state index in [0.29, 0.717) is 33.1 Å². The van der Waals surface area contributed by atoms with Crippen LogP contribution in [0.4, 0.5) is 0 Å². The number of nitrogens with zero attached hydrogens (tertiary/aromatic N) is 7. The number of benzene rings is 4. The maximum atomic E-state index is 5.28. The molecule has 42 heavy (non-hydrogen) atoms. The minimum Gasteiger partial charge on any atom is -0.292 e. The molecule has 0 radical (unpaired) electrons. The summed E-state index contributed by atoms with van der Waals surface area (Å²) in [7, 11) is 0. The van der Waals surface area contributed by atoms with Gasteiger partial charge in [-0.25, -0.2) is 9.97 Å². The van der Waals surface area contributed by atoms with Crippen LogP contribution in [-0.2, 0) is 5.41 Å². The lowest BCUT2D eigenvalue weighted by atomic mass is 9.81. The van der Waals surface area contributed by atoms with Crippen LogP contribution in [0.1, 0.15) is 36.1 Å². The molecule has 4 aromatic heterocycles. The Kier molecular flexibility index (Phi) is 4.41. The van der Waals surface area contributed by atoms with E-state index < -0.39 is 0 Å². The van der Waals surface area contributed by atoms with Gasteiger partial charge in [0.25, 0.3) is 0 Å². The normalized spacial score (nSPS) is 13.9. The van der Waals surface area contributed by atoms with Crippen molar-refractivity contribution in [3.8, 4) is 16.9 Å². The van der Waals surface area contributed by atoms with Gasteiger partial charge in [-0.2, -0.15) is 0 Å². The lowest BCUT2D eigenvalue weighted by Gasteiger charge is -2.22. The van der Waals surface area contributed by atoms with E-state index in [2.05, 4.69) is 101 Å². The second-order valence-corrected chi connectivity index (χ2v) is 11.7. The second-order valence-electron chi connectivity index (χ2n) is 11.7. The van der Waals surface area contributed by atoms with E-state index in [1.54, 1.807) is 24.8 Å². The predicted molar refractivity (Wildman–Crippen MR) is 167 cm³/mol. The van der Waals surface area contributed by atoms with Crippen molar-refractivity contribution >= 4 is 54.9 Å². The Bertz CT molecular complexity index is 2440. The number of aryl methyl sites for hydroxylation is 2. The Balaban J connectivity index is 1.46. The summed E-state index contributed by atoms with van der Waals surface area (Å²) in [5.41, 5.74) is 14.0. The lowest BCUT2D eigenvalue weighted by molar-refractivity contribution is 0.661. The number of hydrogen-bond acceptors (Lipinski definition) is 6. The lowest BCUT2D eigenvalue weighted by Crippen LogP contribution is -2.15. The van der Waals surface area contributed by atoms with E-state index in [9.17, 15) is 0 Å². The number of para-hydroxylation sites is 1. The molecule has 0 fully saturated rings. The topological polar surface area (TPSA) is 82.3 Å². The summed E-state index contributed by atoms with van der Waals surface area (Å²) in [6.07, 6.45) is 8.58. The van der Waals surface area contributed by atoms with Crippen molar-refractivity contribution in [2.24, 2.45) is 0 Å². The van der Waals surface area contributed by atoms with Crippen molar-refractivity contribution in [2.45, 2.75) is 33.1 Å². The van der Waals surface area contributed by atoms with Crippen LogP contribution in [0.25, 0.3) is 71.9 Å². The SMILES string of the molecule is Cc1cccc2c3cc4c(c(C)c3n(-c3cnc5c6nccnc6c6nccnc6c5n3)c12)-c1ccccc1C4(C)C. The monoisotopic (exact) mass is 543 g/mol. The van der Waals surface area contributed by atoms with Crippen LogP contribution in [0, 0.1) is 13.8 Å². The van der Waals surface area contributed by atoms with Crippen molar-refractivity contribution in [3.63, 3.8) is 0 Å². The summed E-state index contributed by atoms with van der Waals surface area (Å²) in [4.78, 5) is 28.7. The van der Waals surface area contributed by atoms with E-state index >= 15 is 0 Å². The summed E-state index contributed by atoms with van der Waals surface area (Å²) in [5, 5.41) is 2.43. The highest BCUT2D eigenvalue weighted by Gasteiger charge is 2.37. The van der Waals surface area contributed by atoms with Gasteiger partial charge < -0.3 is 0 Å². The minimum atomic E-state index is -0.0917. The van der Waals surface area contributed by atoms with Gasteiger partial charge >= 0.3 is 0 Å². The second kappa shape index (κ2) is 7.91. The van der Waals surface area contributed by atoms with Gasteiger partial charge in [0, 0.05) is 41.0 Å². The smallest absolute Gasteiger partial charge is 0.157 e. The Labute approximate surface area is 241 Å². The Morgan fingerprint density at radius 1 is 0.619 bits per heavy atom. The number of hydrogen-bond donors (Lipinski definition) is 0. The molecule has 0 spiro atoms. The minimum absolute atomic E-state index is 0.0917. The zero-order valence-corrected chi connectivity index (χ0v) is 23.6. The fourth-order valence-corrected chi connectivity index (χ4v) is 7.24. The Morgan fingerprint density at radius 3 is 1.98 bits per heavy atom. The first-order chi connectivity index (χ1) is 20.4. The van der Waals surface area contributed by atoms with Crippen LogP contribution in [0.5, 0.6) is 0 Å². The van der Waals surface area contributed by atoms with Crippen LogP contribution in [0.15, 0.2) is 79.5 Å². The molecule has 0 saturated heterocycles. The van der Waals surface area contributed by atoms with Crippen LogP contribution in [-0.4, -0.2) is 34.5 Å². The molecular formula is C35H25N7. The zero-order chi connectivity index (χ0) is 28.3. The average molecular weight is 544 g/mol.